The summed E-state index contributed by atoms with van der Waals surface area (Å²) in [5, 5.41) is -1.22. The van der Waals surface area contributed by atoms with E-state index in [4.69, 9.17) is 10.3 Å². The summed E-state index contributed by atoms with van der Waals surface area (Å²) in [5.41, 5.74) is 6.36. The summed E-state index contributed by atoms with van der Waals surface area (Å²) in [6.07, 6.45) is 0.211. The molecule has 0 spiro atoms. The Morgan fingerprint density at radius 3 is 2.33 bits per heavy atom. The van der Waals surface area contributed by atoms with Gasteiger partial charge in [-0.05, 0) is 17.9 Å². The largest absolute Gasteiger partial charge is 0.313 e. The smallest absolute Gasteiger partial charge is 0.280 e. The summed E-state index contributed by atoms with van der Waals surface area (Å²) in [6.45, 7) is 1.88. The van der Waals surface area contributed by atoms with Crippen LogP contribution in [0.2, 0.25) is 0 Å². The third-order valence-electron chi connectivity index (χ3n) is 2.34. The van der Waals surface area contributed by atoms with Crippen LogP contribution in [0.15, 0.2) is 30.3 Å². The monoisotopic (exact) mass is 229 g/mol. The van der Waals surface area contributed by atoms with E-state index in [-0.39, 0.29) is 12.3 Å². The van der Waals surface area contributed by atoms with Gasteiger partial charge >= 0.3 is 0 Å². The molecule has 4 nitrogen and oxygen atoms in total. The lowest BCUT2D eigenvalue weighted by molar-refractivity contribution is 0.457. The number of hydrogen-bond donors (Lipinski definition) is 2. The Morgan fingerprint density at radius 2 is 1.87 bits per heavy atom. The molecule has 84 valence electrons. The Labute approximate surface area is 89.9 Å². The molecule has 0 saturated heterocycles. The van der Waals surface area contributed by atoms with Crippen LogP contribution in [-0.2, 0) is 10.1 Å². The Hall–Kier alpha value is -0.910. The maximum absolute atomic E-state index is 10.7. The first-order chi connectivity index (χ1) is 6.91. The standard InChI is InChI=1S/C10H15NO3S/c1-8(7-10(11)15(12,13)14)9-5-3-2-4-6-9/h2-6,8,10H,7,11H2,1H3,(H,12,13,14). The molecular formula is C10H15NO3S. The van der Waals surface area contributed by atoms with E-state index < -0.39 is 15.5 Å². The SMILES string of the molecule is CC(CC(N)S(=O)(=O)O)c1ccccc1. The predicted molar refractivity (Wildman–Crippen MR) is 59.0 cm³/mol. The summed E-state index contributed by atoms with van der Waals surface area (Å²) in [7, 11) is -4.13. The lowest BCUT2D eigenvalue weighted by Gasteiger charge is -2.15. The molecule has 1 rings (SSSR count). The van der Waals surface area contributed by atoms with Crippen molar-refractivity contribution >= 4 is 10.1 Å². The van der Waals surface area contributed by atoms with Gasteiger partial charge in [0.15, 0.2) is 0 Å². The molecule has 0 amide bonds. The predicted octanol–water partition coefficient (Wildman–Crippen LogP) is 1.35. The first-order valence-corrected chi connectivity index (χ1v) is 6.18. The highest BCUT2D eigenvalue weighted by Gasteiger charge is 2.21. The fourth-order valence-electron chi connectivity index (χ4n) is 1.39. The minimum Gasteiger partial charge on any atom is -0.313 e. The minimum atomic E-state index is -4.13. The highest BCUT2D eigenvalue weighted by atomic mass is 32.2. The second-order valence-electron chi connectivity index (χ2n) is 3.60. The maximum Gasteiger partial charge on any atom is 0.280 e. The Kier molecular flexibility index (Phi) is 3.84. The molecule has 0 saturated carbocycles. The van der Waals surface area contributed by atoms with Gasteiger partial charge in [0.2, 0.25) is 0 Å². The van der Waals surface area contributed by atoms with Crippen LogP contribution >= 0.6 is 0 Å². The molecule has 0 aliphatic heterocycles. The lowest BCUT2D eigenvalue weighted by Crippen LogP contribution is -2.31. The van der Waals surface area contributed by atoms with Gasteiger partial charge in [-0.1, -0.05) is 37.3 Å². The lowest BCUT2D eigenvalue weighted by atomic mass is 9.98. The van der Waals surface area contributed by atoms with Crippen LogP contribution in [0.4, 0.5) is 0 Å². The molecule has 0 aliphatic rings. The van der Waals surface area contributed by atoms with Gasteiger partial charge in [-0.25, -0.2) is 0 Å². The normalized spacial score (nSPS) is 15.9. The van der Waals surface area contributed by atoms with Crippen molar-refractivity contribution in [3.05, 3.63) is 35.9 Å². The highest BCUT2D eigenvalue weighted by Crippen LogP contribution is 2.20. The molecule has 5 heteroatoms. The average Bonchev–Trinajstić information content (AvgIpc) is 2.17. The van der Waals surface area contributed by atoms with E-state index in [9.17, 15) is 8.42 Å². The molecule has 1 aromatic rings. The summed E-state index contributed by atoms with van der Waals surface area (Å²) >= 11 is 0. The average molecular weight is 229 g/mol. The van der Waals surface area contributed by atoms with Crippen molar-refractivity contribution < 1.29 is 13.0 Å². The number of benzene rings is 1. The van der Waals surface area contributed by atoms with Gasteiger partial charge in [0, 0.05) is 0 Å². The second kappa shape index (κ2) is 4.74. The van der Waals surface area contributed by atoms with Gasteiger partial charge < -0.3 is 5.73 Å². The molecule has 0 radical (unpaired) electrons. The van der Waals surface area contributed by atoms with Crippen molar-refractivity contribution in [2.45, 2.75) is 24.6 Å². The molecule has 0 heterocycles. The maximum atomic E-state index is 10.7. The Bertz CT molecular complexity index is 402. The van der Waals surface area contributed by atoms with E-state index in [1.807, 2.05) is 37.3 Å². The van der Waals surface area contributed by atoms with Gasteiger partial charge in [0.1, 0.15) is 5.37 Å². The van der Waals surface area contributed by atoms with Crippen molar-refractivity contribution in [2.24, 2.45) is 5.73 Å². The van der Waals surface area contributed by atoms with E-state index in [1.165, 1.54) is 0 Å². The molecule has 0 aromatic heterocycles. The second-order valence-corrected chi connectivity index (χ2v) is 5.24. The third-order valence-corrected chi connectivity index (χ3v) is 3.29. The van der Waals surface area contributed by atoms with Crippen LogP contribution in [0.5, 0.6) is 0 Å². The molecule has 1 aromatic carbocycles. The summed E-state index contributed by atoms with van der Waals surface area (Å²) in [4.78, 5) is 0. The third kappa shape index (κ3) is 3.62. The molecule has 0 fully saturated rings. The fourth-order valence-corrected chi connectivity index (χ4v) is 1.92. The van der Waals surface area contributed by atoms with Gasteiger partial charge in [-0.3, -0.25) is 4.55 Å². The van der Waals surface area contributed by atoms with Crippen molar-refractivity contribution in [3.63, 3.8) is 0 Å². The van der Waals surface area contributed by atoms with Crippen LogP contribution in [0.25, 0.3) is 0 Å². The zero-order valence-corrected chi connectivity index (χ0v) is 9.31. The van der Waals surface area contributed by atoms with Crippen LogP contribution in [0.1, 0.15) is 24.8 Å². The first-order valence-electron chi connectivity index (χ1n) is 4.68. The molecule has 0 bridgehead atoms. The van der Waals surface area contributed by atoms with Crippen molar-refractivity contribution in [2.75, 3.05) is 0 Å². The molecular weight excluding hydrogens is 214 g/mol. The van der Waals surface area contributed by atoms with E-state index >= 15 is 0 Å². The van der Waals surface area contributed by atoms with Crippen molar-refractivity contribution in [3.8, 4) is 0 Å². The summed E-state index contributed by atoms with van der Waals surface area (Å²) < 4.78 is 30.2. The van der Waals surface area contributed by atoms with Crippen LogP contribution in [-0.4, -0.2) is 18.3 Å². The van der Waals surface area contributed by atoms with Gasteiger partial charge in [0.05, 0.1) is 0 Å². The van der Waals surface area contributed by atoms with Crippen LogP contribution < -0.4 is 5.73 Å². The topological polar surface area (TPSA) is 80.4 Å². The van der Waals surface area contributed by atoms with Gasteiger partial charge in [0.25, 0.3) is 10.1 Å². The summed E-state index contributed by atoms with van der Waals surface area (Å²) in [6, 6.07) is 9.46. The molecule has 15 heavy (non-hydrogen) atoms. The van der Waals surface area contributed by atoms with E-state index in [1.54, 1.807) is 0 Å². The molecule has 2 unspecified atom stereocenters. The van der Waals surface area contributed by atoms with E-state index in [2.05, 4.69) is 0 Å². The minimum absolute atomic E-state index is 0.00289. The molecule has 0 aliphatic carbocycles. The Morgan fingerprint density at radius 1 is 1.33 bits per heavy atom. The van der Waals surface area contributed by atoms with Crippen LogP contribution in [0.3, 0.4) is 0 Å². The fraction of sp³-hybridized carbons (Fsp3) is 0.400. The van der Waals surface area contributed by atoms with E-state index in [0.29, 0.717) is 0 Å². The first kappa shape index (κ1) is 12.2. The zero-order chi connectivity index (χ0) is 11.5. The summed E-state index contributed by atoms with van der Waals surface area (Å²) in [5.74, 6) is 0.00289. The molecule has 2 atom stereocenters. The Balaban J connectivity index is 2.69. The van der Waals surface area contributed by atoms with Crippen molar-refractivity contribution in [1.82, 2.24) is 0 Å². The van der Waals surface area contributed by atoms with E-state index in [0.717, 1.165) is 5.56 Å². The number of rotatable bonds is 4. The van der Waals surface area contributed by atoms with Crippen LogP contribution in [0, 0.1) is 0 Å². The molecule has 3 N–H and O–H groups in total. The van der Waals surface area contributed by atoms with Gasteiger partial charge in [-0.2, -0.15) is 8.42 Å². The zero-order valence-electron chi connectivity index (χ0n) is 8.50. The number of hydrogen-bond acceptors (Lipinski definition) is 3. The quantitative estimate of drug-likeness (QED) is 0.764. The van der Waals surface area contributed by atoms with Crippen molar-refractivity contribution in [1.29, 1.82) is 0 Å². The highest BCUT2D eigenvalue weighted by molar-refractivity contribution is 7.86. The number of nitrogens with two attached hydrogens (primary N) is 1. The van der Waals surface area contributed by atoms with Gasteiger partial charge in [-0.15, -0.1) is 0 Å².